The van der Waals surface area contributed by atoms with Crippen LogP contribution in [0.25, 0.3) is 16.9 Å². The van der Waals surface area contributed by atoms with Crippen molar-refractivity contribution in [3.63, 3.8) is 0 Å². The van der Waals surface area contributed by atoms with Crippen LogP contribution in [-0.2, 0) is 22.6 Å². The van der Waals surface area contributed by atoms with E-state index in [-0.39, 0.29) is 6.04 Å². The molecule has 142 valence electrons. The Bertz CT molecular complexity index is 1150. The maximum Gasteiger partial charge on any atom is 0.417 e. The van der Waals surface area contributed by atoms with Gasteiger partial charge >= 0.3 is 6.18 Å². The van der Waals surface area contributed by atoms with Gasteiger partial charge in [0, 0.05) is 24.0 Å². The fraction of sp³-hybridized carbons (Fsp3) is 0.278. The lowest BCUT2D eigenvalue weighted by atomic mass is 10.1. The minimum absolute atomic E-state index is 0.180. The number of fused-ring (bicyclic) bond motifs is 2. The Morgan fingerprint density at radius 1 is 1.15 bits per heavy atom. The van der Waals surface area contributed by atoms with Crippen LogP contribution in [0, 0.1) is 0 Å². The van der Waals surface area contributed by atoms with E-state index in [1.807, 2.05) is 13.0 Å². The summed E-state index contributed by atoms with van der Waals surface area (Å²) in [6.07, 6.45) is -0.127. The average molecular weight is 395 g/mol. The van der Waals surface area contributed by atoms with Crippen molar-refractivity contribution >= 4 is 21.4 Å². The maximum absolute atomic E-state index is 12.9. The van der Waals surface area contributed by atoms with Crippen LogP contribution in [0.5, 0.6) is 0 Å². The van der Waals surface area contributed by atoms with E-state index in [2.05, 4.69) is 4.98 Å². The summed E-state index contributed by atoms with van der Waals surface area (Å²) >= 11 is 0. The standard InChI is InChI=1S/C18H16F3N3O2S/c1-11-7-13-8-12(3-5-16(13)24(11)27(2,25)26)15-10-23-9-14(18(19,20)21)4-6-17(23)22-15/h3-6,8-11H,7H2,1-2H3. The zero-order valence-electron chi connectivity index (χ0n) is 14.5. The molecule has 2 aromatic heterocycles. The van der Waals surface area contributed by atoms with Crippen LogP contribution in [0.3, 0.4) is 0 Å². The van der Waals surface area contributed by atoms with Gasteiger partial charge in [-0.15, -0.1) is 0 Å². The summed E-state index contributed by atoms with van der Waals surface area (Å²) in [6, 6.07) is 7.46. The number of sulfonamides is 1. The molecule has 5 nitrogen and oxygen atoms in total. The van der Waals surface area contributed by atoms with E-state index < -0.39 is 21.8 Å². The first-order chi connectivity index (χ1) is 12.5. The van der Waals surface area contributed by atoms with E-state index in [0.717, 1.165) is 23.4 Å². The molecule has 1 unspecified atom stereocenters. The molecular weight excluding hydrogens is 379 g/mol. The third-order valence-electron chi connectivity index (χ3n) is 4.66. The first-order valence-corrected chi connectivity index (χ1v) is 10.1. The van der Waals surface area contributed by atoms with Crippen LogP contribution in [-0.4, -0.2) is 30.1 Å². The van der Waals surface area contributed by atoms with Gasteiger partial charge in [0.25, 0.3) is 0 Å². The molecule has 27 heavy (non-hydrogen) atoms. The lowest BCUT2D eigenvalue weighted by Gasteiger charge is -2.21. The van der Waals surface area contributed by atoms with Crippen molar-refractivity contribution in [1.82, 2.24) is 9.38 Å². The minimum Gasteiger partial charge on any atom is -0.306 e. The summed E-state index contributed by atoms with van der Waals surface area (Å²) in [6.45, 7) is 1.84. The molecule has 1 aromatic carbocycles. The molecule has 0 bridgehead atoms. The molecular formula is C18H16F3N3O2S. The molecule has 4 rings (SSSR count). The molecule has 0 amide bonds. The molecule has 1 aliphatic rings. The van der Waals surface area contributed by atoms with Gasteiger partial charge in [0.1, 0.15) is 5.65 Å². The van der Waals surface area contributed by atoms with Gasteiger partial charge in [0.2, 0.25) is 10.0 Å². The predicted octanol–water partition coefficient (Wildman–Crippen LogP) is 3.73. The molecule has 1 atom stereocenters. The van der Waals surface area contributed by atoms with E-state index >= 15 is 0 Å². The number of alkyl halides is 3. The van der Waals surface area contributed by atoms with E-state index in [1.165, 1.54) is 21.0 Å². The lowest BCUT2D eigenvalue weighted by molar-refractivity contribution is -0.137. The van der Waals surface area contributed by atoms with Crippen LogP contribution >= 0.6 is 0 Å². The van der Waals surface area contributed by atoms with Crippen molar-refractivity contribution in [1.29, 1.82) is 0 Å². The molecule has 3 aromatic rings. The molecule has 0 fully saturated rings. The molecule has 1 aliphatic heterocycles. The van der Waals surface area contributed by atoms with Gasteiger partial charge in [-0.3, -0.25) is 4.31 Å². The number of aromatic nitrogens is 2. The average Bonchev–Trinajstić information content (AvgIpc) is 3.11. The number of halogens is 3. The number of anilines is 1. The zero-order valence-corrected chi connectivity index (χ0v) is 15.3. The molecule has 0 saturated heterocycles. The Kier molecular flexibility index (Phi) is 3.78. The highest BCUT2D eigenvalue weighted by Gasteiger charge is 2.33. The SMILES string of the molecule is CC1Cc2cc(-c3cn4cc(C(F)(F)F)ccc4n3)ccc2N1S(C)(=O)=O. The number of rotatable bonds is 2. The largest absolute Gasteiger partial charge is 0.417 e. The van der Waals surface area contributed by atoms with Crippen molar-refractivity contribution in [2.24, 2.45) is 0 Å². The Morgan fingerprint density at radius 2 is 1.89 bits per heavy atom. The van der Waals surface area contributed by atoms with Crippen LogP contribution in [0.2, 0.25) is 0 Å². The van der Waals surface area contributed by atoms with E-state index in [4.69, 9.17) is 0 Å². The second kappa shape index (κ2) is 5.72. The fourth-order valence-corrected chi connectivity index (χ4v) is 4.83. The highest BCUT2D eigenvalue weighted by atomic mass is 32.2. The molecule has 9 heteroatoms. The van der Waals surface area contributed by atoms with Gasteiger partial charge in [-0.2, -0.15) is 13.2 Å². The van der Waals surface area contributed by atoms with E-state index in [1.54, 1.807) is 18.3 Å². The van der Waals surface area contributed by atoms with Crippen molar-refractivity contribution in [2.75, 3.05) is 10.6 Å². The summed E-state index contributed by atoms with van der Waals surface area (Å²) in [7, 11) is -3.37. The molecule has 0 N–H and O–H groups in total. The number of pyridine rings is 1. The maximum atomic E-state index is 12.9. The zero-order chi connectivity index (χ0) is 19.6. The summed E-state index contributed by atoms with van der Waals surface area (Å²) in [5, 5.41) is 0. The van der Waals surface area contributed by atoms with Gasteiger partial charge in [0.15, 0.2) is 0 Å². The molecule has 0 radical (unpaired) electrons. The molecule has 3 heterocycles. The smallest absolute Gasteiger partial charge is 0.306 e. The number of nitrogens with zero attached hydrogens (tertiary/aromatic N) is 3. The normalized spacial score (nSPS) is 17.5. The monoisotopic (exact) mass is 395 g/mol. The van der Waals surface area contributed by atoms with Gasteiger partial charge in [0.05, 0.1) is 23.2 Å². The van der Waals surface area contributed by atoms with Gasteiger partial charge in [-0.25, -0.2) is 13.4 Å². The highest BCUT2D eigenvalue weighted by Crippen LogP contribution is 2.37. The van der Waals surface area contributed by atoms with Gasteiger partial charge in [-0.1, -0.05) is 6.07 Å². The number of benzene rings is 1. The number of imidazole rings is 1. The predicted molar refractivity (Wildman–Crippen MR) is 96.1 cm³/mol. The van der Waals surface area contributed by atoms with E-state index in [9.17, 15) is 21.6 Å². The van der Waals surface area contributed by atoms with Crippen molar-refractivity contribution in [3.8, 4) is 11.3 Å². The lowest BCUT2D eigenvalue weighted by Crippen LogP contribution is -2.34. The first kappa shape index (κ1) is 17.8. The van der Waals surface area contributed by atoms with Crippen molar-refractivity contribution < 1.29 is 21.6 Å². The van der Waals surface area contributed by atoms with Crippen LogP contribution in [0.4, 0.5) is 18.9 Å². The van der Waals surface area contributed by atoms with Gasteiger partial charge in [-0.05, 0) is 43.2 Å². The third kappa shape index (κ3) is 3.05. The fourth-order valence-electron chi connectivity index (χ4n) is 3.57. The molecule has 0 saturated carbocycles. The summed E-state index contributed by atoms with van der Waals surface area (Å²) < 4.78 is 65.4. The van der Waals surface area contributed by atoms with Crippen LogP contribution in [0.1, 0.15) is 18.1 Å². The molecule has 0 aliphatic carbocycles. The Hall–Kier alpha value is -2.55. The Morgan fingerprint density at radius 3 is 2.56 bits per heavy atom. The molecule has 0 spiro atoms. The minimum atomic E-state index is -4.42. The van der Waals surface area contributed by atoms with Gasteiger partial charge < -0.3 is 4.40 Å². The van der Waals surface area contributed by atoms with Crippen LogP contribution in [0.15, 0.2) is 42.7 Å². The van der Waals surface area contributed by atoms with Crippen molar-refractivity contribution in [2.45, 2.75) is 25.6 Å². The van der Waals surface area contributed by atoms with Crippen LogP contribution < -0.4 is 4.31 Å². The topological polar surface area (TPSA) is 54.7 Å². The summed E-state index contributed by atoms with van der Waals surface area (Å²) in [5.74, 6) is 0. The number of hydrogen-bond acceptors (Lipinski definition) is 3. The third-order valence-corrected chi connectivity index (χ3v) is 5.94. The Labute approximate surface area is 154 Å². The van der Waals surface area contributed by atoms with Crippen molar-refractivity contribution in [3.05, 3.63) is 53.9 Å². The quantitative estimate of drug-likeness (QED) is 0.664. The first-order valence-electron chi connectivity index (χ1n) is 8.23. The highest BCUT2D eigenvalue weighted by molar-refractivity contribution is 7.92. The summed E-state index contributed by atoms with van der Waals surface area (Å²) in [4.78, 5) is 4.38. The Balaban J connectivity index is 1.76. The number of hydrogen-bond donors (Lipinski definition) is 0. The second-order valence-corrected chi connectivity index (χ2v) is 8.62. The van der Waals surface area contributed by atoms with E-state index in [0.29, 0.717) is 23.4 Å². The second-order valence-electron chi connectivity index (χ2n) is 6.76. The summed E-state index contributed by atoms with van der Waals surface area (Å²) in [5.41, 5.74) is 2.43.